The van der Waals surface area contributed by atoms with E-state index in [0.717, 1.165) is 42.1 Å². The van der Waals surface area contributed by atoms with Gasteiger partial charge in [0.25, 0.3) is 11.6 Å². The molecule has 1 amide bonds. The molecule has 0 aromatic heterocycles. The minimum absolute atomic E-state index is 0.0351. The van der Waals surface area contributed by atoms with E-state index in [1.54, 1.807) is 4.90 Å². The van der Waals surface area contributed by atoms with Gasteiger partial charge in [-0.1, -0.05) is 18.2 Å². The molecule has 0 bridgehead atoms. The van der Waals surface area contributed by atoms with Crippen molar-refractivity contribution >= 4 is 27.1 Å². The molecule has 0 unspecified atom stereocenters. The summed E-state index contributed by atoms with van der Waals surface area (Å²) in [6.45, 7) is 2.07. The van der Waals surface area contributed by atoms with Crippen LogP contribution >= 0.6 is 0 Å². The van der Waals surface area contributed by atoms with Crippen LogP contribution in [0.1, 0.15) is 10.4 Å². The van der Waals surface area contributed by atoms with E-state index in [1.807, 2.05) is 30.3 Å². The number of piperazine rings is 1. The van der Waals surface area contributed by atoms with Crippen LogP contribution < -0.4 is 4.90 Å². The summed E-state index contributed by atoms with van der Waals surface area (Å²) in [6, 6.07) is 17.1. The van der Waals surface area contributed by atoms with Gasteiger partial charge in [-0.3, -0.25) is 14.9 Å². The van der Waals surface area contributed by atoms with E-state index in [0.29, 0.717) is 26.2 Å². The number of rotatable bonds is 5. The van der Waals surface area contributed by atoms with Crippen LogP contribution in [-0.4, -0.2) is 50.3 Å². The first-order chi connectivity index (χ1) is 15.8. The number of amides is 1. The second kappa shape index (κ2) is 8.99. The molecule has 1 aliphatic rings. The first kappa shape index (κ1) is 22.4. The van der Waals surface area contributed by atoms with Crippen LogP contribution in [0.25, 0.3) is 0 Å². The fraction of sp³-hybridized carbons (Fsp3) is 0.174. The number of sulfone groups is 1. The van der Waals surface area contributed by atoms with E-state index in [-0.39, 0.29) is 10.5 Å². The van der Waals surface area contributed by atoms with E-state index < -0.39 is 37.1 Å². The zero-order chi connectivity index (χ0) is 23.6. The Balaban J connectivity index is 1.57. The molecule has 4 rings (SSSR count). The number of halogens is 1. The van der Waals surface area contributed by atoms with Crippen molar-refractivity contribution in [3.8, 4) is 0 Å². The van der Waals surface area contributed by atoms with Crippen LogP contribution in [0.15, 0.2) is 82.6 Å². The predicted octanol–water partition coefficient (Wildman–Crippen LogP) is 3.53. The lowest BCUT2D eigenvalue weighted by molar-refractivity contribution is -0.387. The molecule has 10 heteroatoms. The van der Waals surface area contributed by atoms with Gasteiger partial charge in [-0.05, 0) is 48.5 Å². The van der Waals surface area contributed by atoms with Crippen molar-refractivity contribution in [2.45, 2.75) is 9.79 Å². The molecule has 8 nitrogen and oxygen atoms in total. The highest BCUT2D eigenvalue weighted by Gasteiger charge is 2.30. The molecule has 1 heterocycles. The Labute approximate surface area is 189 Å². The lowest BCUT2D eigenvalue weighted by atomic mass is 10.1. The summed E-state index contributed by atoms with van der Waals surface area (Å²) in [5.41, 5.74) is 0.386. The summed E-state index contributed by atoms with van der Waals surface area (Å²) in [4.78, 5) is 26.7. The molecule has 3 aromatic rings. The van der Waals surface area contributed by atoms with Crippen molar-refractivity contribution in [2.24, 2.45) is 0 Å². The quantitative estimate of drug-likeness (QED) is 0.322. The van der Waals surface area contributed by atoms with Gasteiger partial charge in [0.15, 0.2) is 0 Å². The number of carbonyl (C=O) groups excluding carboxylic acids is 1. The fourth-order valence-corrected chi connectivity index (χ4v) is 5.15. The maximum atomic E-state index is 13.2. The number of nitrogens with zero attached hydrogens (tertiary/aromatic N) is 3. The van der Waals surface area contributed by atoms with Gasteiger partial charge in [-0.25, -0.2) is 12.8 Å². The van der Waals surface area contributed by atoms with Crippen LogP contribution in [0.4, 0.5) is 15.8 Å². The number of para-hydroxylation sites is 1. The Morgan fingerprint density at radius 1 is 0.909 bits per heavy atom. The molecule has 0 spiro atoms. The number of hydrogen-bond donors (Lipinski definition) is 0. The number of nitro groups is 1. The molecule has 3 aromatic carbocycles. The largest absolute Gasteiger partial charge is 0.368 e. The minimum atomic E-state index is -4.28. The third-order valence-electron chi connectivity index (χ3n) is 5.50. The Hall–Kier alpha value is -3.79. The zero-order valence-electron chi connectivity index (χ0n) is 17.4. The molecule has 0 saturated carbocycles. The van der Waals surface area contributed by atoms with Crippen LogP contribution in [0.3, 0.4) is 0 Å². The zero-order valence-corrected chi connectivity index (χ0v) is 18.2. The van der Waals surface area contributed by atoms with E-state index >= 15 is 0 Å². The molecule has 0 atom stereocenters. The first-order valence-corrected chi connectivity index (χ1v) is 11.6. The molecule has 1 aliphatic heterocycles. The molecule has 1 fully saturated rings. The highest BCUT2D eigenvalue weighted by Crippen LogP contribution is 2.31. The number of hydrogen-bond acceptors (Lipinski definition) is 6. The van der Waals surface area contributed by atoms with Crippen LogP contribution in [0.2, 0.25) is 0 Å². The second-order valence-corrected chi connectivity index (χ2v) is 9.43. The monoisotopic (exact) mass is 469 g/mol. The lowest BCUT2D eigenvalue weighted by Crippen LogP contribution is -2.48. The summed E-state index contributed by atoms with van der Waals surface area (Å²) in [7, 11) is -4.28. The topological polar surface area (TPSA) is 101 Å². The molecule has 0 N–H and O–H groups in total. The Kier molecular flexibility index (Phi) is 6.10. The molecule has 1 saturated heterocycles. The standard InChI is InChI=1S/C23H20FN3O5S/c24-18-7-9-20(10-8-18)33(31,32)22-11-6-17(16-21(22)27(29)30)23(28)26-14-12-25(13-15-26)19-4-2-1-3-5-19/h1-11,16H,12-15H2. The lowest BCUT2D eigenvalue weighted by Gasteiger charge is -2.36. The summed E-state index contributed by atoms with van der Waals surface area (Å²) in [5, 5.41) is 11.7. The van der Waals surface area contributed by atoms with E-state index in [1.165, 1.54) is 6.07 Å². The third-order valence-corrected chi connectivity index (χ3v) is 7.32. The average molecular weight is 469 g/mol. The van der Waals surface area contributed by atoms with Crippen LogP contribution in [0, 0.1) is 15.9 Å². The van der Waals surface area contributed by atoms with Crippen LogP contribution in [0.5, 0.6) is 0 Å². The van der Waals surface area contributed by atoms with Gasteiger partial charge in [0.2, 0.25) is 9.84 Å². The van der Waals surface area contributed by atoms with Gasteiger partial charge < -0.3 is 9.80 Å². The predicted molar refractivity (Wildman–Crippen MR) is 120 cm³/mol. The summed E-state index contributed by atoms with van der Waals surface area (Å²) in [6.07, 6.45) is 0. The van der Waals surface area contributed by atoms with Gasteiger partial charge in [0.1, 0.15) is 10.7 Å². The van der Waals surface area contributed by atoms with Crippen molar-refractivity contribution in [1.82, 2.24) is 4.90 Å². The molecular formula is C23H20FN3O5S. The minimum Gasteiger partial charge on any atom is -0.368 e. The van der Waals surface area contributed by atoms with Gasteiger partial charge in [-0.15, -0.1) is 0 Å². The Morgan fingerprint density at radius 2 is 1.55 bits per heavy atom. The van der Waals surface area contributed by atoms with E-state index in [4.69, 9.17) is 0 Å². The highest BCUT2D eigenvalue weighted by molar-refractivity contribution is 7.91. The second-order valence-electron chi connectivity index (χ2n) is 7.51. The first-order valence-electron chi connectivity index (χ1n) is 10.2. The molecule has 0 aliphatic carbocycles. The van der Waals surface area contributed by atoms with Crippen molar-refractivity contribution in [2.75, 3.05) is 31.1 Å². The fourth-order valence-electron chi connectivity index (χ4n) is 3.75. The van der Waals surface area contributed by atoms with Crippen LogP contribution in [-0.2, 0) is 9.84 Å². The van der Waals surface area contributed by atoms with E-state index in [2.05, 4.69) is 4.90 Å². The smallest absolute Gasteiger partial charge is 0.289 e. The van der Waals surface area contributed by atoms with Gasteiger partial charge in [-0.2, -0.15) is 0 Å². The molecule has 33 heavy (non-hydrogen) atoms. The Bertz CT molecular complexity index is 1290. The van der Waals surface area contributed by atoms with Gasteiger partial charge >= 0.3 is 0 Å². The maximum absolute atomic E-state index is 13.2. The summed E-state index contributed by atoms with van der Waals surface area (Å²) in [5.74, 6) is -1.03. The molecule has 170 valence electrons. The number of nitro benzene ring substituents is 1. The van der Waals surface area contributed by atoms with Crippen molar-refractivity contribution in [3.05, 3.63) is 94.3 Å². The maximum Gasteiger partial charge on any atom is 0.289 e. The summed E-state index contributed by atoms with van der Waals surface area (Å²) >= 11 is 0. The normalized spacial score (nSPS) is 14.2. The molecular weight excluding hydrogens is 449 g/mol. The van der Waals surface area contributed by atoms with Crippen molar-refractivity contribution in [3.63, 3.8) is 0 Å². The third kappa shape index (κ3) is 4.56. The SMILES string of the molecule is O=C(c1ccc(S(=O)(=O)c2ccc(F)cc2)c([N+](=O)[O-])c1)N1CCN(c2ccccc2)CC1. The highest BCUT2D eigenvalue weighted by atomic mass is 32.2. The Morgan fingerprint density at radius 3 is 2.15 bits per heavy atom. The number of benzene rings is 3. The number of anilines is 1. The van der Waals surface area contributed by atoms with E-state index in [9.17, 15) is 27.7 Å². The summed E-state index contributed by atoms with van der Waals surface area (Å²) < 4.78 is 39.0. The number of carbonyl (C=O) groups is 1. The van der Waals surface area contributed by atoms with Gasteiger partial charge in [0, 0.05) is 43.5 Å². The van der Waals surface area contributed by atoms with Crippen molar-refractivity contribution in [1.29, 1.82) is 0 Å². The van der Waals surface area contributed by atoms with Gasteiger partial charge in [0.05, 0.1) is 9.82 Å². The van der Waals surface area contributed by atoms with Crippen molar-refractivity contribution < 1.29 is 22.5 Å². The average Bonchev–Trinajstić information content (AvgIpc) is 2.84. The molecule has 0 radical (unpaired) electrons.